The SMILES string of the molecule is N#CCOc1cccc(C=NN=C(N)N)c1. The van der Waals surface area contributed by atoms with Crippen molar-refractivity contribution < 1.29 is 4.74 Å². The lowest BCUT2D eigenvalue weighted by Crippen LogP contribution is -2.21. The summed E-state index contributed by atoms with van der Waals surface area (Å²) >= 11 is 0. The van der Waals surface area contributed by atoms with E-state index in [0.29, 0.717) is 5.75 Å². The number of hydrogen-bond acceptors (Lipinski definition) is 4. The molecule has 0 aliphatic heterocycles. The minimum absolute atomic E-state index is 0.00843. The Kier molecular flexibility index (Phi) is 4.34. The van der Waals surface area contributed by atoms with Gasteiger partial charge in [-0.25, -0.2) is 0 Å². The molecule has 0 spiro atoms. The number of nitrogens with two attached hydrogens (primary N) is 2. The van der Waals surface area contributed by atoms with Crippen LogP contribution < -0.4 is 16.2 Å². The highest BCUT2D eigenvalue weighted by molar-refractivity contribution is 5.81. The lowest BCUT2D eigenvalue weighted by Gasteiger charge is -2.01. The number of nitriles is 1. The van der Waals surface area contributed by atoms with Crippen LogP contribution in [-0.2, 0) is 0 Å². The molecule has 1 aromatic rings. The van der Waals surface area contributed by atoms with Gasteiger partial charge in [0, 0.05) is 0 Å². The maximum absolute atomic E-state index is 8.35. The monoisotopic (exact) mass is 217 g/mol. The van der Waals surface area contributed by atoms with E-state index in [-0.39, 0.29) is 12.6 Å². The Hall–Kier alpha value is -2.55. The van der Waals surface area contributed by atoms with E-state index in [2.05, 4.69) is 10.2 Å². The predicted octanol–water partition coefficient (Wildman–Crippen LogP) is 0.196. The second-order valence-corrected chi connectivity index (χ2v) is 2.79. The Balaban J connectivity index is 2.71. The zero-order valence-electron chi connectivity index (χ0n) is 8.50. The minimum Gasteiger partial charge on any atom is -0.479 e. The van der Waals surface area contributed by atoms with Crippen LogP contribution in [0.1, 0.15) is 5.56 Å². The van der Waals surface area contributed by atoms with Crippen molar-refractivity contribution >= 4 is 12.2 Å². The second kappa shape index (κ2) is 6.03. The van der Waals surface area contributed by atoms with Gasteiger partial charge in [-0.2, -0.15) is 10.4 Å². The molecule has 0 aliphatic carbocycles. The van der Waals surface area contributed by atoms with E-state index in [1.165, 1.54) is 6.21 Å². The van der Waals surface area contributed by atoms with E-state index in [4.69, 9.17) is 21.5 Å². The molecule has 82 valence electrons. The van der Waals surface area contributed by atoms with Gasteiger partial charge >= 0.3 is 0 Å². The highest BCUT2D eigenvalue weighted by Gasteiger charge is 1.93. The highest BCUT2D eigenvalue weighted by Crippen LogP contribution is 2.11. The van der Waals surface area contributed by atoms with Gasteiger partial charge in [0.15, 0.2) is 6.61 Å². The second-order valence-electron chi connectivity index (χ2n) is 2.79. The molecule has 0 bridgehead atoms. The summed E-state index contributed by atoms with van der Waals surface area (Å²) in [6, 6.07) is 8.95. The topological polar surface area (TPSA) is 110 Å². The lowest BCUT2D eigenvalue weighted by atomic mass is 10.2. The third-order valence-electron chi connectivity index (χ3n) is 1.54. The number of hydrogen-bond donors (Lipinski definition) is 2. The molecule has 1 aromatic carbocycles. The van der Waals surface area contributed by atoms with Crippen molar-refractivity contribution in [1.82, 2.24) is 0 Å². The minimum atomic E-state index is -0.104. The van der Waals surface area contributed by atoms with E-state index >= 15 is 0 Å². The average molecular weight is 217 g/mol. The number of rotatable bonds is 4. The maximum Gasteiger partial charge on any atom is 0.211 e. The summed E-state index contributed by atoms with van der Waals surface area (Å²) in [4.78, 5) is 0. The van der Waals surface area contributed by atoms with Crippen molar-refractivity contribution in [3.63, 3.8) is 0 Å². The number of benzene rings is 1. The molecule has 0 fully saturated rings. The van der Waals surface area contributed by atoms with Gasteiger partial charge < -0.3 is 16.2 Å². The van der Waals surface area contributed by atoms with Gasteiger partial charge in [-0.15, -0.1) is 5.10 Å². The Morgan fingerprint density at radius 1 is 1.50 bits per heavy atom. The predicted molar refractivity (Wildman–Crippen MR) is 61.0 cm³/mol. The van der Waals surface area contributed by atoms with Crippen LogP contribution in [0.3, 0.4) is 0 Å². The van der Waals surface area contributed by atoms with Crippen LogP contribution in [0.4, 0.5) is 0 Å². The Morgan fingerprint density at radius 3 is 3.00 bits per heavy atom. The van der Waals surface area contributed by atoms with Gasteiger partial charge in [-0.05, 0) is 17.7 Å². The molecule has 16 heavy (non-hydrogen) atoms. The first-order valence-corrected chi connectivity index (χ1v) is 4.44. The van der Waals surface area contributed by atoms with Crippen LogP contribution in [0, 0.1) is 11.3 Å². The van der Waals surface area contributed by atoms with Gasteiger partial charge in [-0.1, -0.05) is 12.1 Å². The molecule has 0 amide bonds. The maximum atomic E-state index is 8.35. The van der Waals surface area contributed by atoms with E-state index in [0.717, 1.165) is 5.56 Å². The molecule has 6 heteroatoms. The summed E-state index contributed by atoms with van der Waals surface area (Å²) in [5.74, 6) is 0.489. The van der Waals surface area contributed by atoms with Crippen molar-refractivity contribution in [2.24, 2.45) is 21.7 Å². The first-order chi connectivity index (χ1) is 7.72. The highest BCUT2D eigenvalue weighted by atomic mass is 16.5. The molecule has 6 nitrogen and oxygen atoms in total. The summed E-state index contributed by atoms with van der Waals surface area (Å²) in [7, 11) is 0. The van der Waals surface area contributed by atoms with Crippen molar-refractivity contribution in [1.29, 1.82) is 5.26 Å². The fourth-order valence-electron chi connectivity index (χ4n) is 0.962. The van der Waals surface area contributed by atoms with Crippen LogP contribution in [0.15, 0.2) is 34.5 Å². The third-order valence-corrected chi connectivity index (χ3v) is 1.54. The van der Waals surface area contributed by atoms with Crippen LogP contribution in [-0.4, -0.2) is 18.8 Å². The largest absolute Gasteiger partial charge is 0.479 e. The standard InChI is InChI=1S/C10H11N5O/c11-4-5-16-9-3-1-2-8(6-9)7-14-15-10(12)13/h1-3,6-7H,5H2,(H4,12,13,15). The molecule has 0 saturated heterocycles. The summed E-state index contributed by atoms with van der Waals surface area (Å²) in [5.41, 5.74) is 11.0. The molecular formula is C10H11N5O. The van der Waals surface area contributed by atoms with Crippen LogP contribution >= 0.6 is 0 Å². The van der Waals surface area contributed by atoms with Crippen LogP contribution in [0.25, 0.3) is 0 Å². The zero-order chi connectivity index (χ0) is 11.8. The van der Waals surface area contributed by atoms with Gasteiger partial charge in [0.2, 0.25) is 5.96 Å². The van der Waals surface area contributed by atoms with Crippen LogP contribution in [0.2, 0.25) is 0 Å². The molecular weight excluding hydrogens is 206 g/mol. The lowest BCUT2D eigenvalue weighted by molar-refractivity contribution is 0.368. The van der Waals surface area contributed by atoms with Crippen molar-refractivity contribution in [2.45, 2.75) is 0 Å². The molecule has 0 aliphatic rings. The first kappa shape index (κ1) is 11.5. The third kappa shape index (κ3) is 4.11. The Bertz CT molecular complexity index is 443. The molecule has 0 radical (unpaired) electrons. The molecule has 0 unspecified atom stereocenters. The fraction of sp³-hybridized carbons (Fsp3) is 0.100. The number of nitrogens with zero attached hydrogens (tertiary/aromatic N) is 3. The normalized spacial score (nSPS) is 9.69. The molecule has 0 aromatic heterocycles. The van der Waals surface area contributed by atoms with Crippen molar-refractivity contribution in [2.75, 3.05) is 6.61 Å². The van der Waals surface area contributed by atoms with E-state index in [9.17, 15) is 0 Å². The van der Waals surface area contributed by atoms with E-state index in [1.54, 1.807) is 18.2 Å². The Morgan fingerprint density at radius 2 is 2.31 bits per heavy atom. The summed E-state index contributed by atoms with van der Waals surface area (Å²) < 4.78 is 5.12. The van der Waals surface area contributed by atoms with Gasteiger partial charge in [0.05, 0.1) is 6.21 Å². The van der Waals surface area contributed by atoms with Crippen molar-refractivity contribution in [3.8, 4) is 11.8 Å². The summed E-state index contributed by atoms with van der Waals surface area (Å²) in [5, 5.41) is 15.5. The molecule has 0 saturated carbocycles. The number of ether oxygens (including phenoxy) is 1. The number of guanidine groups is 1. The van der Waals surface area contributed by atoms with Crippen LogP contribution in [0.5, 0.6) is 5.75 Å². The fourth-order valence-corrected chi connectivity index (χ4v) is 0.962. The first-order valence-electron chi connectivity index (χ1n) is 4.44. The molecule has 0 atom stereocenters. The molecule has 0 heterocycles. The average Bonchev–Trinajstić information content (AvgIpc) is 2.26. The van der Waals surface area contributed by atoms with Gasteiger partial charge in [0.25, 0.3) is 0 Å². The van der Waals surface area contributed by atoms with E-state index < -0.39 is 0 Å². The summed E-state index contributed by atoms with van der Waals surface area (Å²) in [6.45, 7) is 0.00843. The van der Waals surface area contributed by atoms with E-state index in [1.807, 2.05) is 12.1 Å². The quantitative estimate of drug-likeness (QED) is 0.426. The smallest absolute Gasteiger partial charge is 0.211 e. The van der Waals surface area contributed by atoms with Gasteiger partial charge in [-0.3, -0.25) is 0 Å². The van der Waals surface area contributed by atoms with Gasteiger partial charge in [0.1, 0.15) is 11.8 Å². The molecule has 4 N–H and O–H groups in total. The van der Waals surface area contributed by atoms with Crippen molar-refractivity contribution in [3.05, 3.63) is 29.8 Å². The zero-order valence-corrected chi connectivity index (χ0v) is 8.50. The Labute approximate surface area is 92.8 Å². The summed E-state index contributed by atoms with van der Waals surface area (Å²) in [6.07, 6.45) is 1.49. The molecule has 1 rings (SSSR count).